The Morgan fingerprint density at radius 2 is 1.76 bits per heavy atom. The van der Waals surface area contributed by atoms with Crippen molar-refractivity contribution < 1.29 is 54.2 Å². The van der Waals surface area contributed by atoms with Crippen molar-refractivity contribution in [1.29, 1.82) is 0 Å². The standard InChI is InChI=1S/C27H36O11/c1-25-7-5-13(28)9-12(25)3-4-14-15-6-8-27(36,26(15,2)10-16(29)18(14)25)17(30)11-37-24-21(33)19(31)20(32)22(38-24)23(34)35/h9,14-15,18-22,24,31-33,36H,3-8,10-11H2,1-2H3,(H,34,35)/t14-,15-,18+,19-,20-,21+,22-,24+,25-,26-,27-/m0/s1. The number of carboxylic acid groups (broad SMARTS) is 1. The number of hydrogen-bond donors (Lipinski definition) is 5. The fraction of sp³-hybridized carbons (Fsp3) is 0.778. The molecule has 5 N–H and O–H groups in total. The summed E-state index contributed by atoms with van der Waals surface area (Å²) in [5, 5.41) is 51.0. The lowest BCUT2D eigenvalue weighted by molar-refractivity contribution is -0.293. The molecule has 0 unspecified atom stereocenters. The van der Waals surface area contributed by atoms with Gasteiger partial charge < -0.3 is 35.0 Å². The molecule has 0 amide bonds. The maximum Gasteiger partial charge on any atom is 0.335 e. The second kappa shape index (κ2) is 9.28. The van der Waals surface area contributed by atoms with Crippen LogP contribution in [0.25, 0.3) is 0 Å². The molecule has 0 bridgehead atoms. The lowest BCUT2D eigenvalue weighted by atomic mass is 9.46. The van der Waals surface area contributed by atoms with Crippen LogP contribution in [0.3, 0.4) is 0 Å². The Hall–Kier alpha value is -2.02. The highest BCUT2D eigenvalue weighted by atomic mass is 16.7. The molecule has 3 saturated carbocycles. The summed E-state index contributed by atoms with van der Waals surface area (Å²) in [6, 6.07) is 0. The van der Waals surface area contributed by atoms with Crippen molar-refractivity contribution in [3.05, 3.63) is 11.6 Å². The van der Waals surface area contributed by atoms with Crippen LogP contribution in [0.4, 0.5) is 0 Å². The van der Waals surface area contributed by atoms with Crippen molar-refractivity contribution in [2.24, 2.45) is 28.6 Å². The maximum atomic E-state index is 13.7. The highest BCUT2D eigenvalue weighted by molar-refractivity contribution is 5.94. The molecule has 4 aliphatic carbocycles. The molecule has 4 fully saturated rings. The predicted octanol–water partition coefficient (Wildman–Crippen LogP) is -0.0937. The van der Waals surface area contributed by atoms with Gasteiger partial charge >= 0.3 is 5.97 Å². The van der Waals surface area contributed by atoms with Gasteiger partial charge in [-0.2, -0.15) is 0 Å². The highest BCUT2D eigenvalue weighted by Crippen LogP contribution is 2.66. The van der Waals surface area contributed by atoms with Gasteiger partial charge in [-0.25, -0.2) is 4.79 Å². The van der Waals surface area contributed by atoms with Crippen molar-refractivity contribution >= 4 is 23.3 Å². The van der Waals surface area contributed by atoms with E-state index in [0.29, 0.717) is 32.1 Å². The minimum Gasteiger partial charge on any atom is -0.479 e. The molecule has 0 aromatic heterocycles. The van der Waals surface area contributed by atoms with Gasteiger partial charge in [0, 0.05) is 24.2 Å². The quantitative estimate of drug-likeness (QED) is 0.316. The number of carbonyl (C=O) groups excluding carboxylic acids is 3. The molecular weight excluding hydrogens is 500 g/mol. The van der Waals surface area contributed by atoms with Gasteiger partial charge in [0.1, 0.15) is 36.3 Å². The second-order valence-corrected chi connectivity index (χ2v) is 12.3. The van der Waals surface area contributed by atoms with E-state index in [2.05, 4.69) is 6.92 Å². The van der Waals surface area contributed by atoms with Crippen molar-refractivity contribution in [3.8, 4) is 0 Å². The van der Waals surface area contributed by atoms with Crippen molar-refractivity contribution in [3.63, 3.8) is 0 Å². The van der Waals surface area contributed by atoms with Crippen LogP contribution in [-0.2, 0) is 28.7 Å². The topological polar surface area (TPSA) is 188 Å². The molecular formula is C27H36O11. The SMILES string of the molecule is C[C@]12CCC(=O)C=C1CC[C@@H]1[C@@H]2C(=O)C[C@@]2(C)[C@H]1CC[C@]2(O)C(=O)CO[C@@H]1O[C@H](C(=O)O)[C@@H](O)[C@H](O)[C@H]1O. The summed E-state index contributed by atoms with van der Waals surface area (Å²) in [6.07, 6.45) is -4.39. The van der Waals surface area contributed by atoms with Crippen molar-refractivity contribution in [2.75, 3.05) is 6.61 Å². The lowest BCUT2D eigenvalue weighted by Crippen LogP contribution is -2.62. The molecule has 210 valence electrons. The number of fused-ring (bicyclic) bond motifs is 5. The van der Waals surface area contributed by atoms with Gasteiger partial charge in [0.15, 0.2) is 24.0 Å². The van der Waals surface area contributed by atoms with E-state index in [1.54, 1.807) is 13.0 Å². The normalized spacial score (nSPS) is 48.5. The summed E-state index contributed by atoms with van der Waals surface area (Å²) in [4.78, 5) is 50.5. The number of aliphatic carboxylic acids is 1. The van der Waals surface area contributed by atoms with Gasteiger partial charge in [-0.15, -0.1) is 0 Å². The van der Waals surface area contributed by atoms with Gasteiger partial charge in [0.2, 0.25) is 0 Å². The Morgan fingerprint density at radius 1 is 1.05 bits per heavy atom. The first-order valence-electron chi connectivity index (χ1n) is 13.3. The molecule has 5 rings (SSSR count). The largest absolute Gasteiger partial charge is 0.479 e. The molecule has 11 heteroatoms. The second-order valence-electron chi connectivity index (χ2n) is 12.3. The summed E-state index contributed by atoms with van der Waals surface area (Å²) in [6.45, 7) is 3.08. The van der Waals surface area contributed by atoms with Crippen LogP contribution < -0.4 is 0 Å². The van der Waals surface area contributed by atoms with E-state index in [4.69, 9.17) is 9.47 Å². The van der Waals surface area contributed by atoms with E-state index in [9.17, 15) is 44.7 Å². The number of carbonyl (C=O) groups is 4. The van der Waals surface area contributed by atoms with Crippen LogP contribution >= 0.6 is 0 Å². The van der Waals surface area contributed by atoms with Gasteiger partial charge in [-0.3, -0.25) is 14.4 Å². The zero-order chi connectivity index (χ0) is 27.8. The molecule has 0 radical (unpaired) electrons. The molecule has 0 aromatic rings. The number of Topliss-reactive ketones (excluding diaryl/α,β-unsaturated/α-hetero) is 2. The highest BCUT2D eigenvalue weighted by Gasteiger charge is 2.68. The lowest BCUT2D eigenvalue weighted by Gasteiger charge is -2.57. The Balaban J connectivity index is 1.34. The van der Waals surface area contributed by atoms with Crippen molar-refractivity contribution in [2.45, 2.75) is 95.1 Å². The minimum absolute atomic E-state index is 0.00639. The Bertz CT molecular complexity index is 1080. The average Bonchev–Trinajstić information content (AvgIpc) is 3.13. The molecule has 1 aliphatic heterocycles. The zero-order valence-corrected chi connectivity index (χ0v) is 21.5. The third-order valence-corrected chi connectivity index (χ3v) is 10.5. The fourth-order valence-electron chi connectivity index (χ4n) is 8.31. The van der Waals surface area contributed by atoms with E-state index < -0.39 is 65.5 Å². The van der Waals surface area contributed by atoms with E-state index in [0.717, 1.165) is 5.57 Å². The first kappa shape index (κ1) is 27.5. The molecule has 11 nitrogen and oxygen atoms in total. The van der Waals surface area contributed by atoms with E-state index in [1.165, 1.54) is 0 Å². The van der Waals surface area contributed by atoms with Gasteiger partial charge in [0.05, 0.1) is 0 Å². The Kier molecular flexibility index (Phi) is 6.72. The van der Waals surface area contributed by atoms with Gasteiger partial charge in [-0.1, -0.05) is 19.4 Å². The Morgan fingerprint density at radius 3 is 2.45 bits per heavy atom. The Labute approximate surface area is 219 Å². The van der Waals surface area contributed by atoms with Gasteiger partial charge in [0.25, 0.3) is 0 Å². The molecule has 0 spiro atoms. The number of carboxylic acids is 1. The van der Waals surface area contributed by atoms with E-state index >= 15 is 0 Å². The average molecular weight is 537 g/mol. The number of ether oxygens (including phenoxy) is 2. The van der Waals surface area contributed by atoms with E-state index in [-0.39, 0.29) is 42.2 Å². The number of ketones is 3. The maximum absolute atomic E-state index is 13.7. The smallest absolute Gasteiger partial charge is 0.335 e. The van der Waals surface area contributed by atoms with Gasteiger partial charge in [-0.05, 0) is 55.4 Å². The third kappa shape index (κ3) is 3.85. The number of aliphatic hydroxyl groups excluding tert-OH is 3. The number of hydrogen-bond acceptors (Lipinski definition) is 10. The first-order chi connectivity index (χ1) is 17.7. The predicted molar refractivity (Wildman–Crippen MR) is 127 cm³/mol. The van der Waals surface area contributed by atoms with Crippen LogP contribution in [0.2, 0.25) is 0 Å². The monoisotopic (exact) mass is 536 g/mol. The van der Waals surface area contributed by atoms with E-state index in [1.807, 2.05) is 0 Å². The number of aliphatic hydroxyl groups is 4. The van der Waals surface area contributed by atoms with Crippen LogP contribution in [0.5, 0.6) is 0 Å². The van der Waals surface area contributed by atoms with Crippen LogP contribution in [0, 0.1) is 28.6 Å². The summed E-state index contributed by atoms with van der Waals surface area (Å²) in [5.74, 6) is -2.62. The molecule has 0 aromatic carbocycles. The molecule has 1 heterocycles. The van der Waals surface area contributed by atoms with Crippen LogP contribution in [0.15, 0.2) is 11.6 Å². The number of rotatable bonds is 5. The summed E-state index contributed by atoms with van der Waals surface area (Å²) in [5.41, 5.74) is -2.30. The van der Waals surface area contributed by atoms with Crippen molar-refractivity contribution in [1.82, 2.24) is 0 Å². The zero-order valence-electron chi connectivity index (χ0n) is 21.5. The minimum atomic E-state index is -1.90. The fourth-order valence-corrected chi connectivity index (χ4v) is 8.31. The molecule has 11 atom stereocenters. The summed E-state index contributed by atoms with van der Waals surface area (Å²) in [7, 11) is 0. The summed E-state index contributed by atoms with van der Waals surface area (Å²) >= 11 is 0. The van der Waals surface area contributed by atoms with Crippen LogP contribution in [-0.4, -0.2) is 91.8 Å². The van der Waals surface area contributed by atoms with Crippen LogP contribution in [0.1, 0.15) is 58.8 Å². The third-order valence-electron chi connectivity index (χ3n) is 10.5. The molecule has 1 saturated heterocycles. The summed E-state index contributed by atoms with van der Waals surface area (Å²) < 4.78 is 10.4. The number of allylic oxidation sites excluding steroid dienone is 1. The molecule has 38 heavy (non-hydrogen) atoms. The molecule has 5 aliphatic rings. The first-order valence-corrected chi connectivity index (χ1v) is 13.3.